The largest absolute Gasteiger partial charge is 0.352 e. The Hall–Kier alpha value is -1.35. The molecule has 0 bridgehead atoms. The predicted octanol–water partition coefficient (Wildman–Crippen LogP) is 2.57. The summed E-state index contributed by atoms with van der Waals surface area (Å²) in [6.07, 6.45) is 2.04. The molecule has 1 aromatic rings. The van der Waals surface area contributed by atoms with Gasteiger partial charge in [-0.15, -0.1) is 0 Å². The van der Waals surface area contributed by atoms with Gasteiger partial charge in [0.2, 0.25) is 0 Å². The van der Waals surface area contributed by atoms with Gasteiger partial charge in [0.15, 0.2) is 0 Å². The number of hydrogen-bond donors (Lipinski definition) is 1. The molecule has 0 aromatic heterocycles. The first-order valence-corrected chi connectivity index (χ1v) is 7.01. The second kappa shape index (κ2) is 7.95. The normalized spacial score (nSPS) is 11.1. The van der Waals surface area contributed by atoms with Crippen molar-refractivity contribution in [2.75, 3.05) is 27.2 Å². The summed E-state index contributed by atoms with van der Waals surface area (Å²) in [4.78, 5) is 14.0. The molecule has 1 rings (SSSR count). The minimum Gasteiger partial charge on any atom is -0.352 e. The van der Waals surface area contributed by atoms with Crippen molar-refractivity contribution in [1.29, 1.82) is 0 Å². The molecule has 0 atom stereocenters. The second-order valence-corrected chi connectivity index (χ2v) is 5.71. The van der Waals surface area contributed by atoms with E-state index in [0.29, 0.717) is 5.92 Å². The third kappa shape index (κ3) is 6.39. The molecule has 3 nitrogen and oxygen atoms in total. The van der Waals surface area contributed by atoms with Crippen LogP contribution in [0.5, 0.6) is 0 Å². The van der Waals surface area contributed by atoms with Gasteiger partial charge in [-0.1, -0.05) is 26.0 Å². The highest BCUT2D eigenvalue weighted by molar-refractivity contribution is 5.94. The standard InChI is InChI=1S/C16H26N2O/c1-13(2)12-14-6-8-15(9-7-14)16(19)17-10-5-11-18(3)4/h6-9,13H,5,10-12H2,1-4H3,(H,17,19). The van der Waals surface area contributed by atoms with Crippen LogP contribution >= 0.6 is 0 Å². The lowest BCUT2D eigenvalue weighted by molar-refractivity contribution is 0.0952. The first-order valence-electron chi connectivity index (χ1n) is 7.01. The van der Waals surface area contributed by atoms with E-state index in [1.165, 1.54) is 5.56 Å². The van der Waals surface area contributed by atoms with Crippen LogP contribution in [-0.4, -0.2) is 38.0 Å². The van der Waals surface area contributed by atoms with E-state index >= 15 is 0 Å². The molecule has 0 spiro atoms. The number of rotatable bonds is 7. The van der Waals surface area contributed by atoms with Crippen LogP contribution in [0.25, 0.3) is 0 Å². The number of benzene rings is 1. The van der Waals surface area contributed by atoms with E-state index < -0.39 is 0 Å². The lowest BCUT2D eigenvalue weighted by Gasteiger charge is -2.10. The molecular weight excluding hydrogens is 236 g/mol. The van der Waals surface area contributed by atoms with Crippen molar-refractivity contribution >= 4 is 5.91 Å². The Morgan fingerprint density at radius 1 is 1.21 bits per heavy atom. The van der Waals surface area contributed by atoms with Gasteiger partial charge in [-0.05, 0) is 57.1 Å². The van der Waals surface area contributed by atoms with Gasteiger partial charge in [-0.2, -0.15) is 0 Å². The minimum absolute atomic E-state index is 0.0230. The van der Waals surface area contributed by atoms with Crippen LogP contribution in [0.4, 0.5) is 0 Å². The van der Waals surface area contributed by atoms with Crippen molar-refractivity contribution < 1.29 is 4.79 Å². The Balaban J connectivity index is 2.40. The van der Waals surface area contributed by atoms with Crippen LogP contribution in [0, 0.1) is 5.92 Å². The highest BCUT2D eigenvalue weighted by atomic mass is 16.1. The summed E-state index contributed by atoms with van der Waals surface area (Å²) in [6, 6.07) is 7.93. The van der Waals surface area contributed by atoms with Crippen molar-refractivity contribution in [3.05, 3.63) is 35.4 Å². The summed E-state index contributed by atoms with van der Waals surface area (Å²) >= 11 is 0. The zero-order valence-electron chi connectivity index (χ0n) is 12.6. The monoisotopic (exact) mass is 262 g/mol. The predicted molar refractivity (Wildman–Crippen MR) is 80.5 cm³/mol. The lowest BCUT2D eigenvalue weighted by Crippen LogP contribution is -2.27. The molecule has 0 heterocycles. The first kappa shape index (κ1) is 15.7. The number of nitrogens with zero attached hydrogens (tertiary/aromatic N) is 1. The first-order chi connectivity index (χ1) is 8.99. The minimum atomic E-state index is 0.0230. The number of amides is 1. The molecule has 0 fully saturated rings. The van der Waals surface area contributed by atoms with Gasteiger partial charge in [0, 0.05) is 12.1 Å². The van der Waals surface area contributed by atoms with E-state index in [9.17, 15) is 4.79 Å². The maximum atomic E-state index is 11.9. The third-order valence-electron chi connectivity index (χ3n) is 2.93. The van der Waals surface area contributed by atoms with Gasteiger partial charge < -0.3 is 10.2 Å². The Bertz CT molecular complexity index is 382. The van der Waals surface area contributed by atoms with Gasteiger partial charge in [-0.25, -0.2) is 0 Å². The van der Waals surface area contributed by atoms with Crippen LogP contribution in [-0.2, 0) is 6.42 Å². The zero-order chi connectivity index (χ0) is 14.3. The molecule has 0 aliphatic heterocycles. The van der Waals surface area contributed by atoms with Gasteiger partial charge in [0.1, 0.15) is 0 Å². The molecule has 0 aliphatic rings. The third-order valence-corrected chi connectivity index (χ3v) is 2.93. The molecule has 0 saturated heterocycles. The summed E-state index contributed by atoms with van der Waals surface area (Å²) in [7, 11) is 4.07. The number of nitrogens with one attached hydrogen (secondary N) is 1. The molecule has 19 heavy (non-hydrogen) atoms. The number of hydrogen-bond acceptors (Lipinski definition) is 2. The Morgan fingerprint density at radius 3 is 2.37 bits per heavy atom. The molecule has 1 aromatic carbocycles. The van der Waals surface area contributed by atoms with E-state index in [1.54, 1.807) is 0 Å². The van der Waals surface area contributed by atoms with E-state index in [4.69, 9.17) is 0 Å². The molecule has 1 amide bonds. The van der Waals surface area contributed by atoms with Crippen molar-refractivity contribution in [2.24, 2.45) is 5.92 Å². The fourth-order valence-electron chi connectivity index (χ4n) is 1.96. The summed E-state index contributed by atoms with van der Waals surface area (Å²) in [6.45, 7) is 6.12. The van der Waals surface area contributed by atoms with Crippen molar-refractivity contribution in [2.45, 2.75) is 26.7 Å². The average molecular weight is 262 g/mol. The maximum Gasteiger partial charge on any atom is 0.251 e. The van der Waals surface area contributed by atoms with Gasteiger partial charge in [0.25, 0.3) is 5.91 Å². The van der Waals surface area contributed by atoms with Crippen LogP contribution in [0.1, 0.15) is 36.2 Å². The lowest BCUT2D eigenvalue weighted by atomic mass is 10.0. The topological polar surface area (TPSA) is 32.3 Å². The molecule has 0 saturated carbocycles. The molecule has 0 aliphatic carbocycles. The van der Waals surface area contributed by atoms with Gasteiger partial charge >= 0.3 is 0 Å². The van der Waals surface area contributed by atoms with Crippen LogP contribution in [0.15, 0.2) is 24.3 Å². The Morgan fingerprint density at radius 2 is 1.84 bits per heavy atom. The molecule has 106 valence electrons. The van der Waals surface area contributed by atoms with Gasteiger partial charge in [-0.3, -0.25) is 4.79 Å². The molecule has 0 unspecified atom stereocenters. The Labute approximate surface area is 117 Å². The number of carbonyl (C=O) groups is 1. The summed E-state index contributed by atoms with van der Waals surface area (Å²) in [5.74, 6) is 0.667. The van der Waals surface area contributed by atoms with Crippen LogP contribution in [0.2, 0.25) is 0 Å². The van der Waals surface area contributed by atoms with E-state index in [2.05, 4.69) is 36.2 Å². The number of carbonyl (C=O) groups excluding carboxylic acids is 1. The molecule has 1 N–H and O–H groups in total. The maximum absolute atomic E-state index is 11.9. The highest BCUT2D eigenvalue weighted by Gasteiger charge is 2.05. The Kier molecular flexibility index (Phi) is 6.57. The average Bonchev–Trinajstić information content (AvgIpc) is 2.34. The SMILES string of the molecule is CC(C)Cc1ccc(C(=O)NCCCN(C)C)cc1. The smallest absolute Gasteiger partial charge is 0.251 e. The summed E-state index contributed by atoms with van der Waals surface area (Å²) < 4.78 is 0. The fourth-order valence-corrected chi connectivity index (χ4v) is 1.96. The summed E-state index contributed by atoms with van der Waals surface area (Å²) in [5.41, 5.74) is 2.04. The quantitative estimate of drug-likeness (QED) is 0.766. The summed E-state index contributed by atoms with van der Waals surface area (Å²) in [5, 5.41) is 2.95. The van der Waals surface area contributed by atoms with Crippen LogP contribution < -0.4 is 5.32 Å². The van der Waals surface area contributed by atoms with Crippen molar-refractivity contribution in [3.63, 3.8) is 0 Å². The van der Waals surface area contributed by atoms with E-state index in [1.807, 2.05) is 26.2 Å². The fraction of sp³-hybridized carbons (Fsp3) is 0.562. The molecular formula is C16H26N2O. The highest BCUT2D eigenvalue weighted by Crippen LogP contribution is 2.09. The second-order valence-electron chi connectivity index (χ2n) is 5.71. The van der Waals surface area contributed by atoms with Gasteiger partial charge in [0.05, 0.1) is 0 Å². The molecule has 3 heteroatoms. The van der Waals surface area contributed by atoms with E-state index in [-0.39, 0.29) is 5.91 Å². The van der Waals surface area contributed by atoms with Crippen LogP contribution in [0.3, 0.4) is 0 Å². The van der Waals surface area contributed by atoms with Crippen molar-refractivity contribution in [1.82, 2.24) is 10.2 Å². The molecule has 0 radical (unpaired) electrons. The van der Waals surface area contributed by atoms with E-state index in [0.717, 1.165) is 31.5 Å². The van der Waals surface area contributed by atoms with Crippen molar-refractivity contribution in [3.8, 4) is 0 Å². The zero-order valence-corrected chi connectivity index (χ0v) is 12.6.